The van der Waals surface area contributed by atoms with Gasteiger partial charge in [0.05, 0.1) is 24.6 Å². The number of hydrogen-bond donors (Lipinski definition) is 1. The zero-order chi connectivity index (χ0) is 13.5. The van der Waals surface area contributed by atoms with Gasteiger partial charge in [-0.15, -0.1) is 0 Å². The van der Waals surface area contributed by atoms with Crippen LogP contribution in [0.15, 0.2) is 29.3 Å². The van der Waals surface area contributed by atoms with Crippen LogP contribution in [0.3, 0.4) is 0 Å². The first kappa shape index (κ1) is 13.7. The highest BCUT2D eigenvalue weighted by Crippen LogP contribution is 2.29. The Morgan fingerprint density at radius 2 is 2.16 bits per heavy atom. The van der Waals surface area contributed by atoms with Crippen LogP contribution in [0.1, 0.15) is 0 Å². The molecule has 5 nitrogen and oxygen atoms in total. The molecule has 0 aromatic heterocycles. The lowest BCUT2D eigenvalue weighted by atomic mass is 10.2. The molecule has 1 saturated heterocycles. The quantitative estimate of drug-likeness (QED) is 0.387. The lowest BCUT2D eigenvalue weighted by molar-refractivity contribution is 0.123. The van der Waals surface area contributed by atoms with Crippen molar-refractivity contribution in [1.29, 1.82) is 5.26 Å². The molecule has 19 heavy (non-hydrogen) atoms. The largest absolute Gasteiger partial charge is 0.378 e. The number of hydrogen-bond acceptors (Lipinski definition) is 5. The van der Waals surface area contributed by atoms with Crippen LogP contribution in [0.25, 0.3) is 0 Å². The predicted octanol–water partition coefficient (Wildman–Crippen LogP) is 1.94. The Labute approximate surface area is 117 Å². The van der Waals surface area contributed by atoms with Gasteiger partial charge in [-0.25, -0.2) is 4.99 Å². The molecule has 1 aliphatic heterocycles. The maximum absolute atomic E-state index is 8.68. The van der Waals surface area contributed by atoms with E-state index in [0.717, 1.165) is 37.7 Å². The number of nitriles is 1. The normalized spacial score (nSPS) is 16.0. The van der Waals surface area contributed by atoms with Gasteiger partial charge in [0.25, 0.3) is 0 Å². The molecular formula is C13H16N4OS. The van der Waals surface area contributed by atoms with E-state index < -0.39 is 0 Å². The third-order valence-corrected chi connectivity index (χ3v) is 3.39. The van der Waals surface area contributed by atoms with E-state index in [1.54, 1.807) is 0 Å². The second kappa shape index (κ2) is 7.02. The van der Waals surface area contributed by atoms with E-state index in [9.17, 15) is 0 Å². The molecule has 100 valence electrons. The van der Waals surface area contributed by atoms with E-state index in [4.69, 9.17) is 10.00 Å². The van der Waals surface area contributed by atoms with Crippen molar-refractivity contribution in [1.82, 2.24) is 5.32 Å². The number of nitrogens with zero attached hydrogens (tertiary/aromatic N) is 3. The van der Waals surface area contributed by atoms with Crippen LogP contribution in [0.2, 0.25) is 0 Å². The number of thioether (sulfide) groups is 1. The van der Waals surface area contributed by atoms with Crippen LogP contribution in [0.4, 0.5) is 11.4 Å². The number of benzene rings is 1. The van der Waals surface area contributed by atoms with Gasteiger partial charge in [-0.1, -0.05) is 23.9 Å². The Kier molecular flexibility index (Phi) is 5.07. The number of anilines is 1. The summed E-state index contributed by atoms with van der Waals surface area (Å²) in [5, 5.41) is 11.9. The van der Waals surface area contributed by atoms with Gasteiger partial charge in [-0.05, 0) is 18.4 Å². The molecule has 1 aromatic carbocycles. The third-order valence-electron chi connectivity index (χ3n) is 2.81. The summed E-state index contributed by atoms with van der Waals surface area (Å²) < 4.78 is 5.36. The zero-order valence-electron chi connectivity index (χ0n) is 10.8. The first-order valence-corrected chi connectivity index (χ1v) is 7.27. The van der Waals surface area contributed by atoms with E-state index in [0.29, 0.717) is 5.17 Å². The van der Waals surface area contributed by atoms with Crippen molar-refractivity contribution >= 4 is 28.3 Å². The van der Waals surface area contributed by atoms with Crippen LogP contribution in [-0.2, 0) is 4.74 Å². The van der Waals surface area contributed by atoms with Crippen molar-refractivity contribution in [3.05, 3.63) is 24.3 Å². The summed E-state index contributed by atoms with van der Waals surface area (Å²) in [6, 6.07) is 7.96. The van der Waals surface area contributed by atoms with Crippen molar-refractivity contribution in [2.45, 2.75) is 0 Å². The Morgan fingerprint density at radius 3 is 2.84 bits per heavy atom. The fourth-order valence-corrected chi connectivity index (χ4v) is 2.25. The molecule has 1 aromatic rings. The van der Waals surface area contributed by atoms with Crippen LogP contribution in [0, 0.1) is 11.5 Å². The molecule has 1 aliphatic rings. The van der Waals surface area contributed by atoms with E-state index in [1.807, 2.05) is 30.6 Å². The number of ether oxygens (including phenoxy) is 1. The molecule has 0 amide bonds. The van der Waals surface area contributed by atoms with Gasteiger partial charge in [-0.2, -0.15) is 5.26 Å². The minimum Gasteiger partial charge on any atom is -0.378 e. The van der Waals surface area contributed by atoms with E-state index in [2.05, 4.69) is 21.3 Å². The van der Waals surface area contributed by atoms with Gasteiger partial charge in [0.1, 0.15) is 0 Å². The summed E-state index contributed by atoms with van der Waals surface area (Å²) in [6.45, 7) is 3.22. The number of para-hydroxylation sites is 2. The lowest BCUT2D eigenvalue weighted by Crippen LogP contribution is -2.36. The average Bonchev–Trinajstić information content (AvgIpc) is 2.48. The first-order valence-electron chi connectivity index (χ1n) is 6.04. The Balaban J connectivity index is 2.27. The highest BCUT2D eigenvalue weighted by molar-refractivity contribution is 8.13. The highest BCUT2D eigenvalue weighted by Gasteiger charge is 2.14. The molecule has 0 spiro atoms. The molecule has 0 bridgehead atoms. The zero-order valence-corrected chi connectivity index (χ0v) is 11.6. The number of aliphatic imine (C=N–C) groups is 1. The summed E-state index contributed by atoms with van der Waals surface area (Å²) in [7, 11) is 0. The van der Waals surface area contributed by atoms with Crippen molar-refractivity contribution in [3.63, 3.8) is 0 Å². The van der Waals surface area contributed by atoms with Gasteiger partial charge in [0.15, 0.2) is 11.4 Å². The second-order valence-corrected chi connectivity index (χ2v) is 4.74. The Morgan fingerprint density at radius 1 is 1.42 bits per heavy atom. The topological polar surface area (TPSA) is 60.6 Å². The van der Waals surface area contributed by atoms with Crippen molar-refractivity contribution < 1.29 is 4.74 Å². The van der Waals surface area contributed by atoms with Crippen LogP contribution >= 0.6 is 11.8 Å². The molecule has 1 heterocycles. The van der Waals surface area contributed by atoms with Crippen molar-refractivity contribution in [3.8, 4) is 6.19 Å². The van der Waals surface area contributed by atoms with Gasteiger partial charge >= 0.3 is 0 Å². The molecule has 1 fully saturated rings. The van der Waals surface area contributed by atoms with Gasteiger partial charge < -0.3 is 9.64 Å². The van der Waals surface area contributed by atoms with E-state index in [-0.39, 0.29) is 0 Å². The Bertz CT molecular complexity index is 492. The van der Waals surface area contributed by atoms with Crippen molar-refractivity contribution in [2.24, 2.45) is 4.99 Å². The van der Waals surface area contributed by atoms with E-state index >= 15 is 0 Å². The molecular weight excluding hydrogens is 260 g/mol. The summed E-state index contributed by atoms with van der Waals surface area (Å²) in [5.41, 5.74) is 1.95. The monoisotopic (exact) mass is 276 g/mol. The summed E-state index contributed by atoms with van der Waals surface area (Å²) >= 11 is 1.42. The minimum atomic E-state index is 0.600. The number of morpholine rings is 1. The molecule has 0 aliphatic carbocycles. The van der Waals surface area contributed by atoms with Crippen LogP contribution in [0.5, 0.6) is 0 Å². The lowest BCUT2D eigenvalue weighted by Gasteiger charge is -2.29. The molecule has 2 rings (SSSR count). The van der Waals surface area contributed by atoms with Gasteiger partial charge in [-0.3, -0.25) is 5.32 Å². The molecule has 0 atom stereocenters. The highest BCUT2D eigenvalue weighted by atomic mass is 32.2. The smallest absolute Gasteiger partial charge is 0.183 e. The first-order chi connectivity index (χ1) is 9.35. The number of nitrogens with one attached hydrogen (secondary N) is 1. The minimum absolute atomic E-state index is 0.600. The molecule has 1 N–H and O–H groups in total. The Hall–Kier alpha value is -1.71. The maximum atomic E-state index is 8.68. The summed E-state index contributed by atoms with van der Waals surface area (Å²) in [4.78, 5) is 6.76. The standard InChI is InChI=1S/C13H16N4OS/c1-19-13(15-10-14)16-11-4-2-3-5-12(11)17-6-8-18-9-7-17/h2-5H,6-9H2,1H3,(H,15,16). The average molecular weight is 276 g/mol. The number of rotatable bonds is 2. The second-order valence-electron chi connectivity index (χ2n) is 3.95. The van der Waals surface area contributed by atoms with Crippen LogP contribution in [-0.4, -0.2) is 37.7 Å². The van der Waals surface area contributed by atoms with Gasteiger partial charge in [0, 0.05) is 13.1 Å². The molecule has 0 radical (unpaired) electrons. The maximum Gasteiger partial charge on any atom is 0.183 e. The van der Waals surface area contributed by atoms with E-state index in [1.165, 1.54) is 11.8 Å². The molecule has 0 unspecified atom stereocenters. The summed E-state index contributed by atoms with van der Waals surface area (Å²) in [5.74, 6) is 0. The van der Waals surface area contributed by atoms with Crippen molar-refractivity contribution in [2.75, 3.05) is 37.5 Å². The molecule has 0 saturated carbocycles. The third kappa shape index (κ3) is 3.63. The van der Waals surface area contributed by atoms with Gasteiger partial charge in [0.2, 0.25) is 0 Å². The van der Waals surface area contributed by atoms with Crippen LogP contribution < -0.4 is 10.2 Å². The predicted molar refractivity (Wildman–Crippen MR) is 78.8 cm³/mol. The molecule has 6 heteroatoms. The SMILES string of the molecule is CSC(=Nc1ccccc1N1CCOCC1)NC#N. The fraction of sp³-hybridized carbons (Fsp3) is 0.385. The fourth-order valence-electron chi connectivity index (χ4n) is 1.91. The number of amidine groups is 1. The summed E-state index contributed by atoms with van der Waals surface area (Å²) in [6.07, 6.45) is 3.79.